The second-order valence-electron chi connectivity index (χ2n) is 7.21. The monoisotopic (exact) mass is 368 g/mol. The molecule has 2 N–H and O–H groups in total. The molecule has 0 radical (unpaired) electrons. The van der Waals surface area contributed by atoms with E-state index in [-0.39, 0.29) is 6.04 Å². The van der Waals surface area contributed by atoms with Crippen LogP contribution in [0.2, 0.25) is 0 Å². The summed E-state index contributed by atoms with van der Waals surface area (Å²) in [4.78, 5) is 6.12. The van der Waals surface area contributed by atoms with E-state index in [2.05, 4.69) is 39.9 Å². The Morgan fingerprint density at radius 1 is 1.27 bits per heavy atom. The number of hydrogen-bond donors (Lipinski definition) is 2. The van der Waals surface area contributed by atoms with Gasteiger partial charge in [0.2, 0.25) is 0 Å². The first-order valence-corrected chi connectivity index (χ1v) is 9.33. The summed E-state index contributed by atoms with van der Waals surface area (Å²) in [5.74, 6) is 1.85. The topological polar surface area (TPSA) is 39.7 Å². The third-order valence-corrected chi connectivity index (χ3v) is 4.99. The van der Waals surface area contributed by atoms with Crippen molar-refractivity contribution in [3.8, 4) is 0 Å². The molecule has 1 aromatic carbocycles. The first kappa shape index (κ1) is 19.0. The van der Waals surface area contributed by atoms with Crippen LogP contribution in [-0.4, -0.2) is 55.8 Å². The minimum atomic E-state index is -4.13. The molecule has 0 spiro atoms. The number of alkyl halides is 3. The summed E-state index contributed by atoms with van der Waals surface area (Å²) < 4.78 is 37.5. The van der Waals surface area contributed by atoms with Crippen molar-refractivity contribution in [1.82, 2.24) is 15.5 Å². The second kappa shape index (κ2) is 8.29. The lowest BCUT2D eigenvalue weighted by Gasteiger charge is -2.19. The quantitative estimate of drug-likeness (QED) is 0.599. The standard InChI is InChI=1S/C19H27F3N4/c1-2-23-18(25-16-8-9-26(12-16)13-19(20,21)22)24-11-15-10-17(15)14-6-4-3-5-7-14/h3-7,15-17H,2,8-13H2,1H3,(H2,23,24,25). The third kappa shape index (κ3) is 5.62. The Labute approximate surface area is 152 Å². The normalized spacial score (nSPS) is 26.8. The van der Waals surface area contributed by atoms with E-state index in [1.165, 1.54) is 10.5 Å². The Kier molecular flexibility index (Phi) is 6.06. The van der Waals surface area contributed by atoms with Crippen molar-refractivity contribution in [2.45, 2.75) is 37.9 Å². The van der Waals surface area contributed by atoms with Gasteiger partial charge >= 0.3 is 6.18 Å². The fraction of sp³-hybridized carbons (Fsp3) is 0.632. The average Bonchev–Trinajstić information content (AvgIpc) is 3.25. The maximum atomic E-state index is 12.5. The van der Waals surface area contributed by atoms with Gasteiger partial charge in [-0.2, -0.15) is 13.2 Å². The van der Waals surface area contributed by atoms with Crippen molar-refractivity contribution in [2.24, 2.45) is 10.9 Å². The highest BCUT2D eigenvalue weighted by molar-refractivity contribution is 5.80. The average molecular weight is 368 g/mol. The maximum Gasteiger partial charge on any atom is 0.401 e. The Hall–Kier alpha value is -1.76. The molecule has 26 heavy (non-hydrogen) atoms. The molecule has 2 aliphatic rings. The molecule has 1 heterocycles. The van der Waals surface area contributed by atoms with Crippen molar-refractivity contribution >= 4 is 5.96 Å². The number of halogens is 3. The number of guanidine groups is 1. The Morgan fingerprint density at radius 3 is 2.73 bits per heavy atom. The molecule has 0 amide bonds. The van der Waals surface area contributed by atoms with E-state index in [1.807, 2.05) is 13.0 Å². The summed E-state index contributed by atoms with van der Waals surface area (Å²) in [5.41, 5.74) is 1.37. The summed E-state index contributed by atoms with van der Waals surface area (Å²) >= 11 is 0. The fourth-order valence-corrected chi connectivity index (χ4v) is 3.63. The molecule has 3 unspecified atom stereocenters. The van der Waals surface area contributed by atoms with Crippen LogP contribution < -0.4 is 10.6 Å². The lowest BCUT2D eigenvalue weighted by Crippen LogP contribution is -2.45. The molecule has 1 aromatic rings. The number of aliphatic imine (C=N–C) groups is 1. The zero-order valence-corrected chi connectivity index (χ0v) is 15.1. The minimum Gasteiger partial charge on any atom is -0.357 e. The molecule has 1 aliphatic heterocycles. The predicted molar refractivity (Wildman–Crippen MR) is 97.3 cm³/mol. The molecule has 7 heteroatoms. The zero-order valence-electron chi connectivity index (χ0n) is 15.1. The Morgan fingerprint density at radius 2 is 2.04 bits per heavy atom. The smallest absolute Gasteiger partial charge is 0.357 e. The van der Waals surface area contributed by atoms with Gasteiger partial charge in [0.15, 0.2) is 5.96 Å². The van der Waals surface area contributed by atoms with E-state index >= 15 is 0 Å². The maximum absolute atomic E-state index is 12.5. The molecule has 2 fully saturated rings. The summed E-state index contributed by atoms with van der Waals surface area (Å²) in [6.07, 6.45) is -2.28. The van der Waals surface area contributed by atoms with Crippen LogP contribution >= 0.6 is 0 Å². The van der Waals surface area contributed by atoms with Crippen LogP contribution in [0.15, 0.2) is 35.3 Å². The van der Waals surface area contributed by atoms with Crippen molar-refractivity contribution < 1.29 is 13.2 Å². The van der Waals surface area contributed by atoms with Gasteiger partial charge in [0.05, 0.1) is 6.54 Å². The predicted octanol–water partition coefficient (Wildman–Crippen LogP) is 2.98. The van der Waals surface area contributed by atoms with Gasteiger partial charge in [0, 0.05) is 32.2 Å². The molecule has 1 aliphatic carbocycles. The highest BCUT2D eigenvalue weighted by Crippen LogP contribution is 2.47. The summed E-state index contributed by atoms with van der Waals surface area (Å²) in [5, 5.41) is 6.51. The molecule has 3 atom stereocenters. The minimum absolute atomic E-state index is 0.0132. The molecular weight excluding hydrogens is 341 g/mol. The van der Waals surface area contributed by atoms with Crippen LogP contribution in [0, 0.1) is 5.92 Å². The Bertz CT molecular complexity index is 603. The molecular formula is C19H27F3N4. The van der Waals surface area contributed by atoms with E-state index in [9.17, 15) is 13.2 Å². The lowest BCUT2D eigenvalue weighted by atomic mass is 10.1. The van der Waals surface area contributed by atoms with Gasteiger partial charge in [0.1, 0.15) is 0 Å². The molecule has 0 bridgehead atoms. The molecule has 3 rings (SSSR count). The molecule has 144 valence electrons. The lowest BCUT2D eigenvalue weighted by molar-refractivity contribution is -0.143. The number of likely N-dealkylation sites (tertiary alicyclic amines) is 1. The van der Waals surface area contributed by atoms with Gasteiger partial charge in [0.25, 0.3) is 0 Å². The van der Waals surface area contributed by atoms with E-state index in [1.54, 1.807) is 0 Å². The van der Waals surface area contributed by atoms with Gasteiger partial charge in [-0.15, -0.1) is 0 Å². The largest absolute Gasteiger partial charge is 0.401 e. The zero-order chi connectivity index (χ0) is 18.6. The van der Waals surface area contributed by atoms with E-state index in [0.717, 1.165) is 19.5 Å². The molecule has 4 nitrogen and oxygen atoms in total. The SMILES string of the molecule is CCNC(=NCC1CC1c1ccccc1)NC1CCN(CC(F)(F)F)C1. The van der Waals surface area contributed by atoms with Crippen LogP contribution in [0.5, 0.6) is 0 Å². The summed E-state index contributed by atoms with van der Waals surface area (Å²) in [6, 6.07) is 10.5. The van der Waals surface area contributed by atoms with Crippen molar-refractivity contribution in [1.29, 1.82) is 0 Å². The molecule has 1 saturated carbocycles. The third-order valence-electron chi connectivity index (χ3n) is 4.99. The summed E-state index contributed by atoms with van der Waals surface area (Å²) in [6.45, 7) is 3.51. The summed E-state index contributed by atoms with van der Waals surface area (Å²) in [7, 11) is 0. The van der Waals surface area contributed by atoms with Gasteiger partial charge in [-0.1, -0.05) is 30.3 Å². The van der Waals surface area contributed by atoms with Crippen LogP contribution in [0.1, 0.15) is 31.2 Å². The van der Waals surface area contributed by atoms with Crippen molar-refractivity contribution in [2.75, 3.05) is 32.7 Å². The molecule has 1 saturated heterocycles. The van der Waals surface area contributed by atoms with Gasteiger partial charge in [-0.05, 0) is 37.2 Å². The first-order valence-electron chi connectivity index (χ1n) is 9.33. The molecule has 0 aromatic heterocycles. The highest BCUT2D eigenvalue weighted by Gasteiger charge is 2.38. The van der Waals surface area contributed by atoms with Crippen LogP contribution in [0.25, 0.3) is 0 Å². The number of nitrogens with zero attached hydrogens (tertiary/aromatic N) is 2. The van der Waals surface area contributed by atoms with Gasteiger partial charge in [-0.3, -0.25) is 9.89 Å². The van der Waals surface area contributed by atoms with Crippen LogP contribution in [0.4, 0.5) is 13.2 Å². The highest BCUT2D eigenvalue weighted by atomic mass is 19.4. The van der Waals surface area contributed by atoms with Gasteiger partial charge < -0.3 is 10.6 Å². The van der Waals surface area contributed by atoms with Crippen molar-refractivity contribution in [3.63, 3.8) is 0 Å². The Balaban J connectivity index is 1.48. The number of nitrogens with one attached hydrogen (secondary N) is 2. The number of rotatable bonds is 6. The van der Waals surface area contributed by atoms with Crippen LogP contribution in [-0.2, 0) is 0 Å². The second-order valence-corrected chi connectivity index (χ2v) is 7.21. The van der Waals surface area contributed by atoms with E-state index in [4.69, 9.17) is 0 Å². The van der Waals surface area contributed by atoms with E-state index in [0.29, 0.717) is 37.3 Å². The van der Waals surface area contributed by atoms with Crippen LogP contribution in [0.3, 0.4) is 0 Å². The fourth-order valence-electron chi connectivity index (χ4n) is 3.63. The number of hydrogen-bond acceptors (Lipinski definition) is 2. The van der Waals surface area contributed by atoms with Crippen molar-refractivity contribution in [3.05, 3.63) is 35.9 Å². The first-order chi connectivity index (χ1) is 12.4. The van der Waals surface area contributed by atoms with E-state index < -0.39 is 12.7 Å². The number of benzene rings is 1. The van der Waals surface area contributed by atoms with Gasteiger partial charge in [-0.25, -0.2) is 0 Å².